The summed E-state index contributed by atoms with van der Waals surface area (Å²) < 4.78 is 5.30. The van der Waals surface area contributed by atoms with Crippen molar-refractivity contribution in [2.24, 2.45) is 0 Å². The second kappa shape index (κ2) is 8.75. The van der Waals surface area contributed by atoms with Gasteiger partial charge in [-0.2, -0.15) is 11.8 Å². The van der Waals surface area contributed by atoms with Crippen molar-refractivity contribution >= 4 is 39.4 Å². The SMILES string of the molecule is CCOC(=O)CC(c1ccc2ccccc2c1)c1c[nH]c2c(CSC)cccc12. The van der Waals surface area contributed by atoms with E-state index < -0.39 is 0 Å². The van der Waals surface area contributed by atoms with Gasteiger partial charge in [0.05, 0.1) is 13.0 Å². The number of fused-ring (bicyclic) bond motifs is 2. The van der Waals surface area contributed by atoms with Gasteiger partial charge in [-0.3, -0.25) is 4.79 Å². The molecule has 0 spiro atoms. The Morgan fingerprint density at radius 2 is 1.90 bits per heavy atom. The molecule has 0 fully saturated rings. The Kier molecular flexibility index (Phi) is 5.91. The highest BCUT2D eigenvalue weighted by atomic mass is 32.2. The molecule has 0 aliphatic heterocycles. The number of hydrogen-bond acceptors (Lipinski definition) is 3. The van der Waals surface area contributed by atoms with Crippen molar-refractivity contribution in [1.82, 2.24) is 4.98 Å². The fourth-order valence-corrected chi connectivity index (χ4v) is 4.57. The zero-order chi connectivity index (χ0) is 20.2. The first-order chi connectivity index (χ1) is 14.2. The highest BCUT2D eigenvalue weighted by Crippen LogP contribution is 2.36. The lowest BCUT2D eigenvalue weighted by Gasteiger charge is -2.17. The second-order valence-corrected chi connectivity index (χ2v) is 8.05. The number of nitrogens with one attached hydrogen (secondary N) is 1. The average Bonchev–Trinajstić information content (AvgIpc) is 3.17. The largest absolute Gasteiger partial charge is 0.466 e. The highest BCUT2D eigenvalue weighted by molar-refractivity contribution is 7.97. The summed E-state index contributed by atoms with van der Waals surface area (Å²) >= 11 is 1.81. The first kappa shape index (κ1) is 19.6. The maximum atomic E-state index is 12.5. The van der Waals surface area contributed by atoms with E-state index >= 15 is 0 Å². The Hall–Kier alpha value is -2.72. The maximum absolute atomic E-state index is 12.5. The zero-order valence-electron chi connectivity index (χ0n) is 16.8. The van der Waals surface area contributed by atoms with Crippen LogP contribution in [0.1, 0.15) is 36.0 Å². The quantitative estimate of drug-likeness (QED) is 0.370. The summed E-state index contributed by atoms with van der Waals surface area (Å²) in [5, 5.41) is 3.56. The van der Waals surface area contributed by atoms with Crippen LogP contribution < -0.4 is 0 Å². The van der Waals surface area contributed by atoms with Crippen LogP contribution in [-0.2, 0) is 15.3 Å². The van der Waals surface area contributed by atoms with Crippen LogP contribution in [0.3, 0.4) is 0 Å². The lowest BCUT2D eigenvalue weighted by atomic mass is 9.87. The molecule has 0 bridgehead atoms. The smallest absolute Gasteiger partial charge is 0.306 e. The van der Waals surface area contributed by atoms with Gasteiger partial charge in [-0.15, -0.1) is 0 Å². The molecule has 4 heteroatoms. The van der Waals surface area contributed by atoms with E-state index in [0.717, 1.165) is 22.4 Å². The monoisotopic (exact) mass is 403 g/mol. The van der Waals surface area contributed by atoms with Gasteiger partial charge in [0.1, 0.15) is 0 Å². The van der Waals surface area contributed by atoms with E-state index in [-0.39, 0.29) is 11.9 Å². The number of esters is 1. The molecule has 0 amide bonds. The van der Waals surface area contributed by atoms with Crippen LogP contribution in [0.5, 0.6) is 0 Å². The summed E-state index contributed by atoms with van der Waals surface area (Å²) in [6.07, 6.45) is 4.50. The molecule has 0 saturated heterocycles. The van der Waals surface area contributed by atoms with Crippen molar-refractivity contribution in [3.63, 3.8) is 0 Å². The highest BCUT2D eigenvalue weighted by Gasteiger charge is 2.23. The van der Waals surface area contributed by atoms with E-state index in [0.29, 0.717) is 13.0 Å². The molecule has 4 rings (SSSR count). The number of aromatic amines is 1. The number of aromatic nitrogens is 1. The van der Waals surface area contributed by atoms with Crippen LogP contribution in [0.15, 0.2) is 66.9 Å². The van der Waals surface area contributed by atoms with Crippen molar-refractivity contribution in [2.75, 3.05) is 12.9 Å². The van der Waals surface area contributed by atoms with Crippen LogP contribution in [-0.4, -0.2) is 23.8 Å². The summed E-state index contributed by atoms with van der Waals surface area (Å²) in [4.78, 5) is 15.9. The molecule has 0 saturated carbocycles. The van der Waals surface area contributed by atoms with Crippen LogP contribution >= 0.6 is 11.8 Å². The Morgan fingerprint density at radius 1 is 1.07 bits per heavy atom. The first-order valence-corrected chi connectivity index (χ1v) is 11.3. The molecule has 1 N–H and O–H groups in total. The van der Waals surface area contributed by atoms with Crippen molar-refractivity contribution in [3.05, 3.63) is 83.6 Å². The number of carbonyl (C=O) groups excluding carboxylic acids is 1. The summed E-state index contributed by atoms with van der Waals surface area (Å²) in [6.45, 7) is 2.25. The van der Waals surface area contributed by atoms with Crippen LogP contribution in [0.4, 0.5) is 0 Å². The van der Waals surface area contributed by atoms with Crippen molar-refractivity contribution in [3.8, 4) is 0 Å². The Morgan fingerprint density at radius 3 is 2.69 bits per heavy atom. The van der Waals surface area contributed by atoms with Crippen molar-refractivity contribution in [1.29, 1.82) is 0 Å². The van der Waals surface area contributed by atoms with Gasteiger partial charge in [-0.25, -0.2) is 0 Å². The molecule has 1 atom stereocenters. The van der Waals surface area contributed by atoms with Crippen molar-refractivity contribution in [2.45, 2.75) is 25.0 Å². The summed E-state index contributed by atoms with van der Waals surface area (Å²) in [5.41, 5.74) is 4.72. The Bertz CT molecular complexity index is 1150. The minimum atomic E-state index is -0.166. The van der Waals surface area contributed by atoms with E-state index in [1.165, 1.54) is 21.7 Å². The average molecular weight is 404 g/mol. The molecule has 3 aromatic carbocycles. The van der Waals surface area contributed by atoms with Crippen LogP contribution in [0.25, 0.3) is 21.7 Å². The molecule has 29 heavy (non-hydrogen) atoms. The summed E-state index contributed by atoms with van der Waals surface area (Å²) in [7, 11) is 0. The molecule has 0 radical (unpaired) electrons. The first-order valence-electron chi connectivity index (χ1n) is 9.93. The fourth-order valence-electron chi connectivity index (χ4n) is 4.02. The van der Waals surface area contributed by atoms with Gasteiger partial charge in [-0.05, 0) is 40.6 Å². The number of hydrogen-bond donors (Lipinski definition) is 1. The normalized spacial score (nSPS) is 12.3. The number of para-hydroxylation sites is 1. The third kappa shape index (κ3) is 4.03. The Labute approximate surface area is 175 Å². The van der Waals surface area contributed by atoms with E-state index in [2.05, 4.69) is 66.0 Å². The zero-order valence-corrected chi connectivity index (χ0v) is 17.6. The molecule has 1 aromatic heterocycles. The van der Waals surface area contributed by atoms with Gasteiger partial charge >= 0.3 is 5.97 Å². The van der Waals surface area contributed by atoms with E-state index in [1.54, 1.807) is 0 Å². The lowest BCUT2D eigenvalue weighted by molar-refractivity contribution is -0.143. The molecule has 4 aromatic rings. The van der Waals surface area contributed by atoms with Gasteiger partial charge in [0.25, 0.3) is 0 Å². The topological polar surface area (TPSA) is 42.1 Å². The van der Waals surface area contributed by atoms with E-state index in [4.69, 9.17) is 4.74 Å². The standard InChI is InChI=1S/C25H25NO2S/c1-3-28-24(27)14-22(19-12-11-17-7-4-5-8-18(17)13-19)23-15-26-25-20(16-29-2)9-6-10-21(23)25/h4-13,15,22,26H,3,14,16H2,1-2H3. The number of rotatable bonds is 7. The molecule has 1 unspecified atom stereocenters. The number of benzene rings is 3. The fraction of sp³-hybridized carbons (Fsp3) is 0.240. The number of ether oxygens (including phenoxy) is 1. The van der Waals surface area contributed by atoms with Gasteiger partial charge in [0.2, 0.25) is 0 Å². The molecule has 0 aliphatic rings. The molecular weight excluding hydrogens is 378 g/mol. The van der Waals surface area contributed by atoms with E-state index in [9.17, 15) is 4.79 Å². The molecule has 148 valence electrons. The molecule has 1 heterocycles. The number of carbonyl (C=O) groups is 1. The summed E-state index contributed by atoms with van der Waals surface area (Å²) in [6, 6.07) is 21.2. The summed E-state index contributed by atoms with van der Waals surface area (Å²) in [5.74, 6) is 0.729. The third-order valence-electron chi connectivity index (χ3n) is 5.36. The predicted molar refractivity (Wildman–Crippen MR) is 123 cm³/mol. The number of thioether (sulfide) groups is 1. The second-order valence-electron chi connectivity index (χ2n) is 7.19. The van der Waals surface area contributed by atoms with Crippen LogP contribution in [0, 0.1) is 0 Å². The predicted octanol–water partition coefficient (Wildman–Crippen LogP) is 6.27. The van der Waals surface area contributed by atoms with Gasteiger partial charge < -0.3 is 9.72 Å². The lowest BCUT2D eigenvalue weighted by Crippen LogP contribution is -2.11. The van der Waals surface area contributed by atoms with Crippen LogP contribution in [0.2, 0.25) is 0 Å². The molecule has 0 aliphatic carbocycles. The van der Waals surface area contributed by atoms with Crippen molar-refractivity contribution < 1.29 is 9.53 Å². The minimum absolute atomic E-state index is 0.0584. The minimum Gasteiger partial charge on any atom is -0.466 e. The third-order valence-corrected chi connectivity index (χ3v) is 5.96. The van der Waals surface area contributed by atoms with Gasteiger partial charge in [0, 0.05) is 28.8 Å². The Balaban J connectivity index is 1.83. The molecule has 3 nitrogen and oxygen atoms in total. The number of H-pyrrole nitrogens is 1. The van der Waals surface area contributed by atoms with E-state index in [1.807, 2.05) is 30.8 Å². The van der Waals surface area contributed by atoms with Gasteiger partial charge in [0.15, 0.2) is 0 Å². The molecular formula is C25H25NO2S. The van der Waals surface area contributed by atoms with Gasteiger partial charge in [-0.1, -0.05) is 60.7 Å². The maximum Gasteiger partial charge on any atom is 0.306 e.